The van der Waals surface area contributed by atoms with Crippen LogP contribution in [-0.2, 0) is 0 Å². The number of amides is 1. The van der Waals surface area contributed by atoms with Gasteiger partial charge in [0.2, 0.25) is 0 Å². The molecular weight excluding hydrogens is 236 g/mol. The molecule has 0 radical (unpaired) electrons. The van der Waals surface area contributed by atoms with Gasteiger partial charge in [-0.25, -0.2) is 0 Å². The highest BCUT2D eigenvalue weighted by atomic mass is 35.5. The van der Waals surface area contributed by atoms with Gasteiger partial charge in [-0.1, -0.05) is 32.4 Å². The van der Waals surface area contributed by atoms with Crippen LogP contribution in [0.15, 0.2) is 18.2 Å². The summed E-state index contributed by atoms with van der Waals surface area (Å²) < 4.78 is 0. The third kappa shape index (κ3) is 3.93. The first-order valence-electron chi connectivity index (χ1n) is 5.51. The summed E-state index contributed by atoms with van der Waals surface area (Å²) >= 11 is 5.82. The van der Waals surface area contributed by atoms with Crippen molar-refractivity contribution in [3.05, 3.63) is 28.8 Å². The quantitative estimate of drug-likeness (QED) is 0.825. The fourth-order valence-corrected chi connectivity index (χ4v) is 1.80. The van der Waals surface area contributed by atoms with Gasteiger partial charge in [-0.3, -0.25) is 4.79 Å². The standard InChI is InChI=1S/C13H19ClN2O/c1-13(2,3)8-16(4)12(17)9-5-6-10(14)11(15)7-9/h5-7H,8,15H2,1-4H3. The van der Waals surface area contributed by atoms with Gasteiger partial charge < -0.3 is 10.6 Å². The van der Waals surface area contributed by atoms with Gasteiger partial charge in [0.1, 0.15) is 0 Å². The first-order chi connectivity index (χ1) is 7.70. The number of nitrogen functional groups attached to an aromatic ring is 1. The highest BCUT2D eigenvalue weighted by Crippen LogP contribution is 2.21. The third-order valence-electron chi connectivity index (χ3n) is 2.30. The van der Waals surface area contributed by atoms with Crippen LogP contribution in [0.1, 0.15) is 31.1 Å². The fraction of sp³-hybridized carbons (Fsp3) is 0.462. The second-order valence-electron chi connectivity index (χ2n) is 5.46. The number of hydrogen-bond donors (Lipinski definition) is 1. The molecular formula is C13H19ClN2O. The normalized spacial score (nSPS) is 11.4. The van der Waals surface area contributed by atoms with Crippen LogP contribution in [0.3, 0.4) is 0 Å². The summed E-state index contributed by atoms with van der Waals surface area (Å²) in [6.07, 6.45) is 0. The molecule has 0 spiro atoms. The van der Waals surface area contributed by atoms with Crippen molar-refractivity contribution in [3.63, 3.8) is 0 Å². The van der Waals surface area contributed by atoms with Crippen LogP contribution in [0, 0.1) is 5.41 Å². The smallest absolute Gasteiger partial charge is 0.253 e. The van der Waals surface area contributed by atoms with E-state index in [-0.39, 0.29) is 11.3 Å². The Labute approximate surface area is 108 Å². The van der Waals surface area contributed by atoms with Crippen molar-refractivity contribution in [1.82, 2.24) is 4.90 Å². The second-order valence-corrected chi connectivity index (χ2v) is 5.87. The summed E-state index contributed by atoms with van der Waals surface area (Å²) in [4.78, 5) is 13.8. The van der Waals surface area contributed by atoms with Gasteiger partial charge in [0.25, 0.3) is 5.91 Å². The zero-order valence-electron chi connectivity index (χ0n) is 10.7. The molecule has 2 N–H and O–H groups in total. The van der Waals surface area contributed by atoms with Gasteiger partial charge in [-0.15, -0.1) is 0 Å². The molecule has 3 nitrogen and oxygen atoms in total. The minimum atomic E-state index is -0.0386. The van der Waals surface area contributed by atoms with Crippen molar-refractivity contribution in [2.24, 2.45) is 5.41 Å². The lowest BCUT2D eigenvalue weighted by molar-refractivity contribution is 0.0745. The van der Waals surface area contributed by atoms with Crippen molar-refractivity contribution in [1.29, 1.82) is 0 Å². The van der Waals surface area contributed by atoms with Crippen LogP contribution in [0.2, 0.25) is 5.02 Å². The van der Waals surface area contributed by atoms with Crippen molar-refractivity contribution in [2.75, 3.05) is 19.3 Å². The van der Waals surface area contributed by atoms with E-state index in [1.165, 1.54) is 0 Å². The van der Waals surface area contributed by atoms with Crippen LogP contribution in [0.4, 0.5) is 5.69 Å². The average Bonchev–Trinajstić information content (AvgIpc) is 2.18. The zero-order chi connectivity index (χ0) is 13.2. The molecule has 1 aromatic rings. The highest BCUT2D eigenvalue weighted by Gasteiger charge is 2.19. The third-order valence-corrected chi connectivity index (χ3v) is 2.65. The lowest BCUT2D eigenvalue weighted by Crippen LogP contribution is -2.34. The van der Waals surface area contributed by atoms with E-state index < -0.39 is 0 Å². The molecule has 0 atom stereocenters. The molecule has 4 heteroatoms. The molecule has 0 fully saturated rings. The molecule has 0 aliphatic heterocycles. The maximum absolute atomic E-state index is 12.1. The Balaban J connectivity index is 2.85. The fourth-order valence-electron chi connectivity index (χ4n) is 1.68. The Morgan fingerprint density at radius 2 is 2.00 bits per heavy atom. The molecule has 0 unspecified atom stereocenters. The maximum atomic E-state index is 12.1. The summed E-state index contributed by atoms with van der Waals surface area (Å²) in [6, 6.07) is 4.96. The van der Waals surface area contributed by atoms with E-state index in [1.807, 2.05) is 0 Å². The van der Waals surface area contributed by atoms with E-state index in [1.54, 1.807) is 30.1 Å². The maximum Gasteiger partial charge on any atom is 0.253 e. The van der Waals surface area contributed by atoms with Crippen molar-refractivity contribution in [3.8, 4) is 0 Å². The molecule has 0 saturated carbocycles. The average molecular weight is 255 g/mol. The Bertz CT molecular complexity index is 424. The topological polar surface area (TPSA) is 46.3 Å². The molecule has 0 saturated heterocycles. The molecule has 1 aromatic carbocycles. The highest BCUT2D eigenvalue weighted by molar-refractivity contribution is 6.33. The Morgan fingerprint density at radius 1 is 1.41 bits per heavy atom. The van der Waals surface area contributed by atoms with Crippen LogP contribution >= 0.6 is 11.6 Å². The molecule has 94 valence electrons. The summed E-state index contributed by atoms with van der Waals surface area (Å²) in [5, 5.41) is 0.472. The number of benzene rings is 1. The SMILES string of the molecule is CN(CC(C)(C)C)C(=O)c1ccc(Cl)c(N)c1. The molecule has 1 rings (SSSR count). The summed E-state index contributed by atoms with van der Waals surface area (Å²) in [5.41, 5.74) is 6.76. The van der Waals surface area contributed by atoms with E-state index in [4.69, 9.17) is 17.3 Å². The van der Waals surface area contributed by atoms with Crippen LogP contribution in [-0.4, -0.2) is 24.4 Å². The van der Waals surface area contributed by atoms with Gasteiger partial charge in [0.05, 0.1) is 10.7 Å². The summed E-state index contributed by atoms with van der Waals surface area (Å²) in [7, 11) is 1.79. The van der Waals surface area contributed by atoms with Crippen molar-refractivity contribution >= 4 is 23.2 Å². The number of hydrogen-bond acceptors (Lipinski definition) is 2. The number of halogens is 1. The van der Waals surface area contributed by atoms with Crippen LogP contribution in [0.25, 0.3) is 0 Å². The number of anilines is 1. The predicted molar refractivity (Wildman–Crippen MR) is 72.3 cm³/mol. The van der Waals surface area contributed by atoms with Crippen LogP contribution in [0.5, 0.6) is 0 Å². The Hall–Kier alpha value is -1.22. The number of nitrogens with two attached hydrogens (primary N) is 1. The molecule has 0 heterocycles. The predicted octanol–water partition coefficient (Wildman–Crippen LogP) is 3.04. The lowest BCUT2D eigenvalue weighted by atomic mass is 9.96. The van der Waals surface area contributed by atoms with Gasteiger partial charge in [0.15, 0.2) is 0 Å². The molecule has 17 heavy (non-hydrogen) atoms. The van der Waals surface area contributed by atoms with Crippen molar-refractivity contribution < 1.29 is 4.79 Å². The van der Waals surface area contributed by atoms with E-state index in [9.17, 15) is 4.79 Å². The van der Waals surface area contributed by atoms with Gasteiger partial charge >= 0.3 is 0 Å². The van der Waals surface area contributed by atoms with E-state index >= 15 is 0 Å². The largest absolute Gasteiger partial charge is 0.398 e. The number of nitrogens with zero attached hydrogens (tertiary/aromatic N) is 1. The Morgan fingerprint density at radius 3 is 2.47 bits per heavy atom. The van der Waals surface area contributed by atoms with Crippen LogP contribution < -0.4 is 5.73 Å². The van der Waals surface area contributed by atoms with Gasteiger partial charge in [-0.2, -0.15) is 0 Å². The minimum absolute atomic E-state index is 0.0386. The van der Waals surface area contributed by atoms with E-state index in [0.29, 0.717) is 22.8 Å². The monoisotopic (exact) mass is 254 g/mol. The Kier molecular flexibility index (Phi) is 4.04. The molecule has 0 aliphatic rings. The number of carbonyl (C=O) groups excluding carboxylic acids is 1. The first kappa shape index (κ1) is 13.8. The van der Waals surface area contributed by atoms with Gasteiger partial charge in [0, 0.05) is 19.2 Å². The first-order valence-corrected chi connectivity index (χ1v) is 5.89. The second kappa shape index (κ2) is 4.96. The molecule has 1 amide bonds. The number of rotatable bonds is 2. The summed E-state index contributed by atoms with van der Waals surface area (Å²) in [6.45, 7) is 6.96. The van der Waals surface area contributed by atoms with E-state index in [0.717, 1.165) is 0 Å². The van der Waals surface area contributed by atoms with Crippen molar-refractivity contribution in [2.45, 2.75) is 20.8 Å². The molecule has 0 aromatic heterocycles. The molecule has 0 bridgehead atoms. The van der Waals surface area contributed by atoms with Gasteiger partial charge in [-0.05, 0) is 23.6 Å². The van der Waals surface area contributed by atoms with E-state index in [2.05, 4.69) is 20.8 Å². The number of carbonyl (C=O) groups is 1. The molecule has 0 aliphatic carbocycles. The zero-order valence-corrected chi connectivity index (χ0v) is 11.5. The summed E-state index contributed by atoms with van der Waals surface area (Å²) in [5.74, 6) is -0.0386. The minimum Gasteiger partial charge on any atom is -0.398 e. The lowest BCUT2D eigenvalue weighted by Gasteiger charge is -2.26.